The van der Waals surface area contributed by atoms with Gasteiger partial charge in [-0.15, -0.1) is 0 Å². The number of nitrogens with zero attached hydrogens (tertiary/aromatic N) is 1. The van der Waals surface area contributed by atoms with Crippen LogP contribution in [0.5, 0.6) is 17.2 Å². The third kappa shape index (κ3) is 3.25. The lowest BCUT2D eigenvalue weighted by molar-refractivity contribution is 0.172. The zero-order chi connectivity index (χ0) is 15.2. The van der Waals surface area contributed by atoms with Crippen molar-refractivity contribution >= 4 is 0 Å². The van der Waals surface area contributed by atoms with Gasteiger partial charge in [-0.1, -0.05) is 6.07 Å². The predicted octanol–water partition coefficient (Wildman–Crippen LogP) is 2.38. The van der Waals surface area contributed by atoms with E-state index in [2.05, 4.69) is 4.98 Å². The van der Waals surface area contributed by atoms with E-state index in [4.69, 9.17) is 14.2 Å². The Hall–Kier alpha value is -2.27. The number of benzene rings is 1. The number of pyridine rings is 1. The molecule has 1 N–H and O–H groups in total. The molecule has 1 heterocycles. The van der Waals surface area contributed by atoms with Crippen LogP contribution in [0.2, 0.25) is 0 Å². The molecule has 0 spiro atoms. The molecule has 0 aliphatic carbocycles. The molecule has 1 aromatic heterocycles. The van der Waals surface area contributed by atoms with Crippen LogP contribution in [0, 0.1) is 0 Å². The van der Waals surface area contributed by atoms with Crippen LogP contribution >= 0.6 is 0 Å². The summed E-state index contributed by atoms with van der Waals surface area (Å²) < 4.78 is 15.9. The van der Waals surface area contributed by atoms with E-state index in [1.807, 2.05) is 12.1 Å². The highest BCUT2D eigenvalue weighted by molar-refractivity contribution is 5.56. The molecular weight excluding hydrogens is 270 g/mol. The minimum Gasteiger partial charge on any atom is -0.493 e. The van der Waals surface area contributed by atoms with Gasteiger partial charge in [0, 0.05) is 24.4 Å². The van der Waals surface area contributed by atoms with E-state index in [0.717, 1.165) is 5.56 Å². The zero-order valence-electron chi connectivity index (χ0n) is 12.4. The lowest BCUT2D eigenvalue weighted by Crippen LogP contribution is -2.06. The highest BCUT2D eigenvalue weighted by Gasteiger charge is 2.21. The summed E-state index contributed by atoms with van der Waals surface area (Å²) in [5.41, 5.74) is 1.60. The lowest BCUT2D eigenvalue weighted by atomic mass is 10.0. The predicted molar refractivity (Wildman–Crippen MR) is 79.0 cm³/mol. The minimum atomic E-state index is -0.719. The Balaban J connectivity index is 2.34. The molecule has 1 aromatic carbocycles. The van der Waals surface area contributed by atoms with Gasteiger partial charge in [0.15, 0.2) is 11.5 Å². The first-order chi connectivity index (χ1) is 10.2. The maximum atomic E-state index is 10.5. The van der Waals surface area contributed by atoms with Gasteiger partial charge in [0.2, 0.25) is 5.75 Å². The van der Waals surface area contributed by atoms with Crippen molar-refractivity contribution in [3.8, 4) is 17.2 Å². The second kappa shape index (κ2) is 6.95. The third-order valence-electron chi connectivity index (χ3n) is 3.25. The molecule has 0 radical (unpaired) electrons. The van der Waals surface area contributed by atoms with Gasteiger partial charge in [-0.3, -0.25) is 4.98 Å². The fourth-order valence-electron chi connectivity index (χ4n) is 2.24. The molecule has 21 heavy (non-hydrogen) atoms. The first kappa shape index (κ1) is 15.1. The van der Waals surface area contributed by atoms with Crippen LogP contribution in [0.25, 0.3) is 0 Å². The van der Waals surface area contributed by atoms with Crippen LogP contribution in [0.1, 0.15) is 17.2 Å². The van der Waals surface area contributed by atoms with Gasteiger partial charge in [0.05, 0.1) is 27.4 Å². The molecule has 0 saturated carbocycles. The Kier molecular flexibility index (Phi) is 5.00. The summed E-state index contributed by atoms with van der Waals surface area (Å²) >= 11 is 0. The Morgan fingerprint density at radius 1 is 1.05 bits per heavy atom. The number of aliphatic hydroxyl groups is 1. The van der Waals surface area contributed by atoms with Crippen molar-refractivity contribution in [3.63, 3.8) is 0 Å². The average molecular weight is 289 g/mol. The normalized spacial score (nSPS) is 11.8. The SMILES string of the molecule is COc1ccc(C(O)Cc2cccnc2)c(OC)c1OC. The average Bonchev–Trinajstić information content (AvgIpc) is 2.53. The maximum Gasteiger partial charge on any atom is 0.203 e. The number of methoxy groups -OCH3 is 3. The van der Waals surface area contributed by atoms with E-state index < -0.39 is 6.10 Å². The molecule has 2 aromatic rings. The number of aromatic nitrogens is 1. The van der Waals surface area contributed by atoms with E-state index in [1.54, 1.807) is 31.6 Å². The molecular formula is C16H19NO4. The summed E-state index contributed by atoms with van der Waals surface area (Å²) in [5.74, 6) is 1.52. The van der Waals surface area contributed by atoms with Gasteiger partial charge in [0.1, 0.15) is 0 Å². The van der Waals surface area contributed by atoms with Crippen LogP contribution < -0.4 is 14.2 Å². The number of aliphatic hydroxyl groups excluding tert-OH is 1. The molecule has 2 rings (SSSR count). The Labute approximate surface area is 124 Å². The van der Waals surface area contributed by atoms with E-state index in [9.17, 15) is 5.11 Å². The van der Waals surface area contributed by atoms with E-state index in [1.165, 1.54) is 14.2 Å². The number of ether oxygens (including phenoxy) is 3. The first-order valence-corrected chi connectivity index (χ1v) is 6.57. The quantitative estimate of drug-likeness (QED) is 0.884. The van der Waals surface area contributed by atoms with Gasteiger partial charge < -0.3 is 19.3 Å². The second-order valence-corrected chi connectivity index (χ2v) is 4.50. The summed E-state index contributed by atoms with van der Waals surface area (Å²) in [5, 5.41) is 10.5. The van der Waals surface area contributed by atoms with Gasteiger partial charge in [-0.05, 0) is 23.8 Å². The minimum absolute atomic E-state index is 0.444. The molecule has 5 heteroatoms. The standard InChI is InChI=1S/C16H19NO4/c1-19-14-7-6-12(15(20-2)16(14)21-3)13(18)9-11-5-4-8-17-10-11/h4-8,10,13,18H,9H2,1-3H3. The summed E-state index contributed by atoms with van der Waals surface area (Å²) in [6.07, 6.45) is 3.16. The van der Waals surface area contributed by atoms with Crippen LogP contribution in [0.3, 0.4) is 0 Å². The molecule has 0 fully saturated rings. The smallest absolute Gasteiger partial charge is 0.203 e. The molecule has 0 saturated heterocycles. The molecule has 0 amide bonds. The zero-order valence-corrected chi connectivity index (χ0v) is 12.4. The van der Waals surface area contributed by atoms with Crippen LogP contribution in [-0.4, -0.2) is 31.4 Å². The summed E-state index contributed by atoms with van der Waals surface area (Å²) in [7, 11) is 4.64. The monoisotopic (exact) mass is 289 g/mol. The number of hydrogen-bond donors (Lipinski definition) is 1. The maximum absolute atomic E-state index is 10.5. The first-order valence-electron chi connectivity index (χ1n) is 6.57. The highest BCUT2D eigenvalue weighted by Crippen LogP contribution is 2.42. The van der Waals surface area contributed by atoms with E-state index in [0.29, 0.717) is 29.2 Å². The van der Waals surface area contributed by atoms with Crippen LogP contribution in [0.15, 0.2) is 36.7 Å². The third-order valence-corrected chi connectivity index (χ3v) is 3.25. The van der Waals surface area contributed by atoms with Gasteiger partial charge in [-0.25, -0.2) is 0 Å². The number of hydrogen-bond acceptors (Lipinski definition) is 5. The molecule has 1 unspecified atom stereocenters. The fourth-order valence-corrected chi connectivity index (χ4v) is 2.24. The van der Waals surface area contributed by atoms with Crippen molar-refractivity contribution < 1.29 is 19.3 Å². The van der Waals surface area contributed by atoms with Gasteiger partial charge in [0.25, 0.3) is 0 Å². The van der Waals surface area contributed by atoms with Crippen LogP contribution in [-0.2, 0) is 6.42 Å². The Morgan fingerprint density at radius 2 is 1.81 bits per heavy atom. The van der Waals surface area contributed by atoms with Crippen molar-refractivity contribution in [1.82, 2.24) is 4.98 Å². The lowest BCUT2D eigenvalue weighted by Gasteiger charge is -2.19. The summed E-state index contributed by atoms with van der Waals surface area (Å²) in [6.45, 7) is 0. The van der Waals surface area contributed by atoms with Gasteiger partial charge in [-0.2, -0.15) is 0 Å². The Morgan fingerprint density at radius 3 is 2.38 bits per heavy atom. The number of rotatable bonds is 6. The largest absolute Gasteiger partial charge is 0.493 e. The highest BCUT2D eigenvalue weighted by atomic mass is 16.5. The van der Waals surface area contributed by atoms with E-state index >= 15 is 0 Å². The molecule has 1 atom stereocenters. The summed E-state index contributed by atoms with van der Waals surface area (Å²) in [6, 6.07) is 7.29. The topological polar surface area (TPSA) is 60.8 Å². The van der Waals surface area contributed by atoms with Crippen LogP contribution in [0.4, 0.5) is 0 Å². The molecule has 0 bridgehead atoms. The molecule has 112 valence electrons. The van der Waals surface area contributed by atoms with Crippen molar-refractivity contribution in [2.24, 2.45) is 0 Å². The fraction of sp³-hybridized carbons (Fsp3) is 0.312. The van der Waals surface area contributed by atoms with Gasteiger partial charge >= 0.3 is 0 Å². The molecule has 5 nitrogen and oxygen atoms in total. The summed E-state index contributed by atoms with van der Waals surface area (Å²) in [4.78, 5) is 4.05. The van der Waals surface area contributed by atoms with Crippen molar-refractivity contribution in [2.45, 2.75) is 12.5 Å². The van der Waals surface area contributed by atoms with Crippen molar-refractivity contribution in [3.05, 3.63) is 47.8 Å². The van der Waals surface area contributed by atoms with Crippen molar-refractivity contribution in [1.29, 1.82) is 0 Å². The van der Waals surface area contributed by atoms with E-state index in [-0.39, 0.29) is 0 Å². The Bertz CT molecular complexity index is 586. The molecule has 0 aliphatic heterocycles. The van der Waals surface area contributed by atoms with Crippen molar-refractivity contribution in [2.75, 3.05) is 21.3 Å². The second-order valence-electron chi connectivity index (χ2n) is 4.50. The molecule has 0 aliphatic rings.